The molecule has 4 aromatic rings. The molecule has 2 aromatic carbocycles. The Hall–Kier alpha value is -3.45. The Bertz CT molecular complexity index is 1320. The molecule has 0 radical (unpaired) electrons. The maximum atomic E-state index is 13.2. The van der Waals surface area contributed by atoms with Crippen molar-refractivity contribution in [1.29, 1.82) is 0 Å². The van der Waals surface area contributed by atoms with Crippen LogP contribution in [0.25, 0.3) is 10.2 Å². The third-order valence-corrected chi connectivity index (χ3v) is 5.89. The van der Waals surface area contributed by atoms with E-state index in [0.29, 0.717) is 28.0 Å². The minimum absolute atomic E-state index is 0.148. The number of carbonyl (C=O) groups is 1. The molecule has 7 heteroatoms. The largest absolute Gasteiger partial charge is 0.497 e. The highest BCUT2D eigenvalue weighted by molar-refractivity contribution is 7.17. The summed E-state index contributed by atoms with van der Waals surface area (Å²) in [5.74, 6) is 0.346. The van der Waals surface area contributed by atoms with Crippen LogP contribution >= 0.6 is 11.3 Å². The Morgan fingerprint density at radius 3 is 2.57 bits per heavy atom. The predicted octanol–water partition coefficient (Wildman–Crippen LogP) is 3.36. The molecule has 0 spiro atoms. The first-order valence-corrected chi connectivity index (χ1v) is 10.4. The minimum Gasteiger partial charge on any atom is -0.497 e. The van der Waals surface area contributed by atoms with Crippen molar-refractivity contribution in [1.82, 2.24) is 9.13 Å². The summed E-state index contributed by atoms with van der Waals surface area (Å²) in [6, 6.07) is 18.2. The monoisotopic (exact) mass is 420 g/mol. The van der Waals surface area contributed by atoms with Gasteiger partial charge in [0.25, 0.3) is 5.56 Å². The molecular formula is C23H20N2O4S. The number of nitrogens with zero attached hydrogens (tertiary/aromatic N) is 2. The number of carbonyl (C=O) groups excluding carboxylic acids is 1. The smallest absolute Gasteiger partial charge is 0.331 e. The number of aromatic nitrogens is 2. The molecule has 0 atom stereocenters. The van der Waals surface area contributed by atoms with E-state index in [2.05, 4.69) is 0 Å². The van der Waals surface area contributed by atoms with Gasteiger partial charge in [-0.15, -0.1) is 11.3 Å². The molecule has 0 bridgehead atoms. The molecule has 0 amide bonds. The van der Waals surface area contributed by atoms with Gasteiger partial charge in [-0.1, -0.05) is 42.5 Å². The van der Waals surface area contributed by atoms with Crippen LogP contribution in [0.3, 0.4) is 0 Å². The maximum Gasteiger partial charge on any atom is 0.331 e. The van der Waals surface area contributed by atoms with E-state index in [1.165, 1.54) is 27.6 Å². The molecule has 4 rings (SSSR count). The van der Waals surface area contributed by atoms with E-state index in [4.69, 9.17) is 4.74 Å². The van der Waals surface area contributed by atoms with Crippen LogP contribution in [0.2, 0.25) is 0 Å². The average Bonchev–Trinajstić information content (AvgIpc) is 3.27. The highest BCUT2D eigenvalue weighted by atomic mass is 32.1. The number of hydrogen-bond acceptors (Lipinski definition) is 5. The Balaban J connectivity index is 1.72. The second kappa shape index (κ2) is 8.51. The molecule has 0 aliphatic rings. The minimum atomic E-state index is -0.474. The maximum absolute atomic E-state index is 13.2. The number of methoxy groups -OCH3 is 1. The fourth-order valence-corrected chi connectivity index (χ4v) is 4.24. The second-order valence-corrected chi connectivity index (χ2v) is 7.77. The van der Waals surface area contributed by atoms with Gasteiger partial charge in [0.15, 0.2) is 5.78 Å². The number of ketones is 1. The number of fused-ring (bicyclic) bond motifs is 1. The fourth-order valence-electron chi connectivity index (χ4n) is 3.40. The molecule has 30 heavy (non-hydrogen) atoms. The molecule has 0 N–H and O–H groups in total. The van der Waals surface area contributed by atoms with E-state index >= 15 is 0 Å². The summed E-state index contributed by atoms with van der Waals surface area (Å²) in [7, 11) is 1.53. The third-order valence-electron chi connectivity index (χ3n) is 5.00. The standard InChI is InChI=1S/C23H20N2O4S/c1-29-18-9-5-8-17(14-18)20(26)15-25-19-11-13-30-21(19)22(27)24(23(25)28)12-10-16-6-3-2-4-7-16/h2-9,11,13-14H,10,12,15H2,1H3. The average molecular weight is 420 g/mol. The van der Waals surface area contributed by atoms with E-state index in [-0.39, 0.29) is 24.4 Å². The second-order valence-electron chi connectivity index (χ2n) is 6.85. The van der Waals surface area contributed by atoms with Crippen LogP contribution in [0.5, 0.6) is 5.75 Å². The quantitative estimate of drug-likeness (QED) is 0.430. The number of Topliss-reactive ketones (excluding diaryl/α,β-unsaturated/α-hetero) is 1. The Kier molecular flexibility index (Phi) is 5.63. The number of hydrogen-bond donors (Lipinski definition) is 0. The van der Waals surface area contributed by atoms with E-state index < -0.39 is 5.69 Å². The van der Waals surface area contributed by atoms with Gasteiger partial charge < -0.3 is 4.74 Å². The van der Waals surface area contributed by atoms with Crippen molar-refractivity contribution in [3.63, 3.8) is 0 Å². The van der Waals surface area contributed by atoms with Gasteiger partial charge in [-0.2, -0.15) is 0 Å². The van der Waals surface area contributed by atoms with Crippen LogP contribution in [0.1, 0.15) is 15.9 Å². The summed E-state index contributed by atoms with van der Waals surface area (Å²) < 4.78 is 8.27. The summed E-state index contributed by atoms with van der Waals surface area (Å²) in [6.45, 7) is 0.105. The lowest BCUT2D eigenvalue weighted by Crippen LogP contribution is -2.41. The molecule has 6 nitrogen and oxygen atoms in total. The fraction of sp³-hybridized carbons (Fsp3) is 0.174. The SMILES string of the molecule is COc1cccc(C(=O)Cn2c(=O)n(CCc3ccccc3)c(=O)c3sccc32)c1. The number of rotatable bonds is 7. The van der Waals surface area contributed by atoms with Crippen LogP contribution in [0, 0.1) is 0 Å². The molecule has 0 aliphatic heterocycles. The van der Waals surface area contributed by atoms with Crippen molar-refractivity contribution in [2.75, 3.05) is 7.11 Å². The lowest BCUT2D eigenvalue weighted by molar-refractivity contribution is 0.0971. The Morgan fingerprint density at radius 2 is 1.80 bits per heavy atom. The molecule has 152 valence electrons. The lowest BCUT2D eigenvalue weighted by atomic mass is 10.1. The Morgan fingerprint density at radius 1 is 1.00 bits per heavy atom. The zero-order chi connectivity index (χ0) is 21.1. The van der Waals surface area contributed by atoms with Gasteiger partial charge in [-0.25, -0.2) is 4.79 Å². The summed E-state index contributed by atoms with van der Waals surface area (Å²) in [5, 5.41) is 1.76. The zero-order valence-electron chi connectivity index (χ0n) is 16.4. The van der Waals surface area contributed by atoms with Gasteiger partial charge in [0, 0.05) is 12.1 Å². The topological polar surface area (TPSA) is 70.3 Å². The summed E-state index contributed by atoms with van der Waals surface area (Å²) in [5.41, 5.74) is 1.19. The van der Waals surface area contributed by atoms with E-state index in [1.807, 2.05) is 30.3 Å². The number of aryl methyl sites for hydroxylation is 1. The van der Waals surface area contributed by atoms with Gasteiger partial charge in [0.1, 0.15) is 10.4 Å². The first-order valence-electron chi connectivity index (χ1n) is 9.50. The van der Waals surface area contributed by atoms with Gasteiger partial charge in [-0.05, 0) is 35.6 Å². The third kappa shape index (κ3) is 3.84. The van der Waals surface area contributed by atoms with Crippen molar-refractivity contribution in [3.05, 3.63) is 98.0 Å². The van der Waals surface area contributed by atoms with Gasteiger partial charge >= 0.3 is 5.69 Å². The molecule has 2 aromatic heterocycles. The van der Waals surface area contributed by atoms with Crippen LogP contribution in [-0.4, -0.2) is 22.0 Å². The van der Waals surface area contributed by atoms with Crippen LogP contribution in [0.4, 0.5) is 0 Å². The van der Waals surface area contributed by atoms with Crippen molar-refractivity contribution >= 4 is 27.3 Å². The van der Waals surface area contributed by atoms with Crippen LogP contribution < -0.4 is 16.0 Å². The zero-order valence-corrected chi connectivity index (χ0v) is 17.2. The Labute approximate surface area is 176 Å². The first-order chi connectivity index (χ1) is 14.6. The number of ether oxygens (including phenoxy) is 1. The number of benzene rings is 2. The normalized spacial score (nSPS) is 11.0. The lowest BCUT2D eigenvalue weighted by Gasteiger charge is -2.12. The summed E-state index contributed by atoms with van der Waals surface area (Å²) >= 11 is 1.28. The van der Waals surface area contributed by atoms with Crippen molar-refractivity contribution in [3.8, 4) is 5.75 Å². The molecule has 0 unspecified atom stereocenters. The van der Waals surface area contributed by atoms with E-state index in [0.717, 1.165) is 5.56 Å². The van der Waals surface area contributed by atoms with Crippen molar-refractivity contribution < 1.29 is 9.53 Å². The highest BCUT2D eigenvalue weighted by Gasteiger charge is 2.17. The van der Waals surface area contributed by atoms with Gasteiger partial charge in [-0.3, -0.25) is 18.7 Å². The summed E-state index contributed by atoms with van der Waals surface area (Å²) in [4.78, 5) is 38.9. The number of thiophene rings is 1. The molecule has 0 fully saturated rings. The van der Waals surface area contributed by atoms with Crippen molar-refractivity contribution in [2.45, 2.75) is 19.5 Å². The van der Waals surface area contributed by atoms with Crippen molar-refractivity contribution in [2.24, 2.45) is 0 Å². The van der Waals surface area contributed by atoms with Crippen LogP contribution in [-0.2, 0) is 19.5 Å². The molecule has 0 aliphatic carbocycles. The van der Waals surface area contributed by atoms with E-state index in [1.54, 1.807) is 35.7 Å². The van der Waals surface area contributed by atoms with Gasteiger partial charge in [0.05, 0.1) is 19.2 Å². The molecular weight excluding hydrogens is 400 g/mol. The van der Waals surface area contributed by atoms with Crippen LogP contribution in [0.15, 0.2) is 75.6 Å². The molecule has 2 heterocycles. The predicted molar refractivity (Wildman–Crippen MR) is 118 cm³/mol. The van der Waals surface area contributed by atoms with E-state index in [9.17, 15) is 14.4 Å². The molecule has 0 saturated heterocycles. The molecule has 0 saturated carbocycles. The first kappa shape index (κ1) is 19.8. The summed E-state index contributed by atoms with van der Waals surface area (Å²) in [6.07, 6.45) is 0.552. The van der Waals surface area contributed by atoms with Gasteiger partial charge in [0.2, 0.25) is 0 Å². The highest BCUT2D eigenvalue weighted by Crippen LogP contribution is 2.17.